The van der Waals surface area contributed by atoms with Crippen LogP contribution in [0.25, 0.3) is 0 Å². The summed E-state index contributed by atoms with van der Waals surface area (Å²) in [5.41, 5.74) is -0.871. The first-order chi connectivity index (χ1) is 5.54. The highest BCUT2D eigenvalue weighted by molar-refractivity contribution is 5.26. The maximum atomic E-state index is 11.9. The van der Waals surface area contributed by atoms with E-state index in [9.17, 15) is 13.2 Å². The smallest absolute Gasteiger partial charge is 0.250 e. The second-order valence-corrected chi connectivity index (χ2v) is 2.04. The molecule has 1 aromatic heterocycles. The van der Waals surface area contributed by atoms with Crippen LogP contribution in [0.3, 0.4) is 0 Å². The van der Waals surface area contributed by atoms with Crippen LogP contribution in [-0.2, 0) is 6.18 Å². The molecule has 0 unspecified atom stereocenters. The van der Waals surface area contributed by atoms with Crippen molar-refractivity contribution >= 4 is 0 Å². The van der Waals surface area contributed by atoms with E-state index in [4.69, 9.17) is 5.26 Å². The van der Waals surface area contributed by atoms with Crippen LogP contribution in [-0.4, -0.2) is 4.98 Å². The molecule has 0 atom stereocenters. The van der Waals surface area contributed by atoms with Gasteiger partial charge in [-0.25, -0.2) is 0 Å². The Morgan fingerprint density at radius 3 is 2.33 bits per heavy atom. The van der Waals surface area contributed by atoms with E-state index in [1.165, 1.54) is 0 Å². The lowest BCUT2D eigenvalue weighted by Gasteiger charge is -2.03. The summed E-state index contributed by atoms with van der Waals surface area (Å²) < 4.78 is 35.6. The van der Waals surface area contributed by atoms with Gasteiger partial charge >= 0.3 is 6.18 Å². The summed E-state index contributed by atoms with van der Waals surface area (Å²) in [6.07, 6.45) is -3.54. The highest BCUT2D eigenvalue weighted by Gasteiger charge is 2.31. The molecule has 0 fully saturated rings. The molecular formula is C7H3F3N2. The molecule has 12 heavy (non-hydrogen) atoms. The van der Waals surface area contributed by atoms with Gasteiger partial charge in [-0.15, -0.1) is 0 Å². The van der Waals surface area contributed by atoms with Crippen molar-refractivity contribution in [1.82, 2.24) is 4.98 Å². The van der Waals surface area contributed by atoms with Gasteiger partial charge in [-0.05, 0) is 12.1 Å². The van der Waals surface area contributed by atoms with E-state index in [0.29, 0.717) is 0 Å². The normalized spacial score (nSPS) is 10.8. The van der Waals surface area contributed by atoms with Gasteiger partial charge in [0.05, 0.1) is 5.56 Å². The molecule has 2 nitrogen and oxygen atoms in total. The van der Waals surface area contributed by atoms with Crippen molar-refractivity contribution < 1.29 is 13.2 Å². The molecule has 0 spiro atoms. The van der Waals surface area contributed by atoms with Crippen LogP contribution < -0.4 is 0 Å². The molecule has 0 bridgehead atoms. The van der Waals surface area contributed by atoms with Crippen LogP contribution in [0.15, 0.2) is 18.3 Å². The summed E-state index contributed by atoms with van der Waals surface area (Å²) in [7, 11) is 0. The van der Waals surface area contributed by atoms with E-state index < -0.39 is 11.9 Å². The number of rotatable bonds is 0. The summed E-state index contributed by atoms with van der Waals surface area (Å²) in [5, 5.41) is 8.26. The molecule has 0 aliphatic heterocycles. The highest BCUT2D eigenvalue weighted by atomic mass is 19.4. The minimum atomic E-state index is -4.44. The lowest BCUT2D eigenvalue weighted by Crippen LogP contribution is -2.07. The number of aromatic nitrogens is 1. The average molecular weight is 172 g/mol. The van der Waals surface area contributed by atoms with E-state index in [1.807, 2.05) is 0 Å². The Morgan fingerprint density at radius 1 is 1.33 bits per heavy atom. The van der Waals surface area contributed by atoms with E-state index in [0.717, 1.165) is 18.3 Å². The van der Waals surface area contributed by atoms with Crippen molar-refractivity contribution in [2.45, 2.75) is 6.18 Å². The van der Waals surface area contributed by atoms with Gasteiger partial charge in [0.1, 0.15) is 11.8 Å². The summed E-state index contributed by atoms with van der Waals surface area (Å²) in [6, 6.07) is 3.53. The van der Waals surface area contributed by atoms with Crippen LogP contribution in [0, 0.1) is 11.3 Å². The largest absolute Gasteiger partial charge is 0.433 e. The second-order valence-electron chi connectivity index (χ2n) is 2.04. The Balaban J connectivity index is 3.02. The van der Waals surface area contributed by atoms with Crippen molar-refractivity contribution in [2.75, 3.05) is 0 Å². The van der Waals surface area contributed by atoms with Crippen molar-refractivity contribution in [2.24, 2.45) is 0 Å². The van der Waals surface area contributed by atoms with E-state index in [-0.39, 0.29) is 5.56 Å². The first-order valence-electron chi connectivity index (χ1n) is 2.97. The number of nitriles is 1. The molecule has 62 valence electrons. The number of nitrogens with zero attached hydrogens (tertiary/aromatic N) is 2. The van der Waals surface area contributed by atoms with E-state index in [2.05, 4.69) is 4.98 Å². The van der Waals surface area contributed by atoms with Crippen LogP contribution in [0.5, 0.6) is 0 Å². The van der Waals surface area contributed by atoms with Crippen molar-refractivity contribution in [3.8, 4) is 6.07 Å². The zero-order valence-corrected chi connectivity index (χ0v) is 5.76. The van der Waals surface area contributed by atoms with Crippen molar-refractivity contribution in [3.63, 3.8) is 0 Å². The van der Waals surface area contributed by atoms with Crippen molar-refractivity contribution in [1.29, 1.82) is 5.26 Å². The molecule has 5 heteroatoms. The summed E-state index contributed by atoms with van der Waals surface area (Å²) >= 11 is 0. The molecule has 0 saturated carbocycles. The fourth-order valence-electron chi connectivity index (χ4n) is 0.628. The van der Waals surface area contributed by atoms with Gasteiger partial charge in [0.25, 0.3) is 0 Å². The Morgan fingerprint density at radius 2 is 2.00 bits per heavy atom. The third-order valence-electron chi connectivity index (χ3n) is 1.18. The average Bonchev–Trinajstić information content (AvgIpc) is 2.03. The molecule has 0 aliphatic carbocycles. The molecule has 1 aromatic rings. The topological polar surface area (TPSA) is 36.7 Å². The molecule has 0 aromatic carbocycles. The number of halogens is 3. The lowest BCUT2D eigenvalue weighted by atomic mass is 10.3. The maximum absolute atomic E-state index is 11.9. The summed E-state index contributed by atoms with van der Waals surface area (Å²) in [5.74, 6) is 0. The summed E-state index contributed by atoms with van der Waals surface area (Å²) in [4.78, 5) is 3.07. The Hall–Kier alpha value is -1.57. The van der Waals surface area contributed by atoms with E-state index >= 15 is 0 Å². The Kier molecular flexibility index (Phi) is 2.00. The van der Waals surface area contributed by atoms with Crippen LogP contribution in [0.1, 0.15) is 11.3 Å². The molecule has 0 aliphatic rings. The molecule has 0 saturated heterocycles. The fraction of sp³-hybridized carbons (Fsp3) is 0.143. The summed E-state index contributed by atoms with van der Waals surface area (Å²) in [6.45, 7) is 0. The zero-order chi connectivity index (χ0) is 9.19. The minimum absolute atomic E-state index is 0.114. The van der Waals surface area contributed by atoms with Crippen LogP contribution in [0.2, 0.25) is 0 Å². The maximum Gasteiger partial charge on any atom is 0.433 e. The minimum Gasteiger partial charge on any atom is -0.250 e. The van der Waals surface area contributed by atoms with Gasteiger partial charge in [0, 0.05) is 6.20 Å². The first-order valence-corrected chi connectivity index (χ1v) is 2.97. The number of alkyl halides is 3. The fourth-order valence-corrected chi connectivity index (χ4v) is 0.628. The van der Waals surface area contributed by atoms with Gasteiger partial charge in [-0.3, -0.25) is 4.98 Å². The van der Waals surface area contributed by atoms with Gasteiger partial charge in [-0.1, -0.05) is 0 Å². The predicted molar refractivity (Wildman–Crippen MR) is 34.0 cm³/mol. The van der Waals surface area contributed by atoms with Gasteiger partial charge in [0.15, 0.2) is 0 Å². The molecular weight excluding hydrogens is 169 g/mol. The lowest BCUT2D eigenvalue weighted by molar-refractivity contribution is -0.141. The van der Waals surface area contributed by atoms with Crippen LogP contribution in [0.4, 0.5) is 13.2 Å². The zero-order valence-electron chi connectivity index (χ0n) is 5.76. The molecule has 1 heterocycles. The molecule has 1 rings (SSSR count). The second kappa shape index (κ2) is 2.81. The van der Waals surface area contributed by atoms with Crippen LogP contribution >= 0.6 is 0 Å². The number of hydrogen-bond donors (Lipinski definition) is 0. The standard InChI is InChI=1S/C7H3F3N2/c8-7(9,10)6-2-1-5(3-11)4-12-6/h1-2,4H. The SMILES string of the molecule is N#Cc1ccc(C(F)(F)F)nc1. The predicted octanol–water partition coefficient (Wildman–Crippen LogP) is 1.97. The Labute approximate surface area is 66.3 Å². The van der Waals surface area contributed by atoms with E-state index in [1.54, 1.807) is 6.07 Å². The quantitative estimate of drug-likeness (QED) is 0.599. The van der Waals surface area contributed by atoms with Crippen molar-refractivity contribution in [3.05, 3.63) is 29.6 Å². The molecule has 0 radical (unpaired) electrons. The monoisotopic (exact) mass is 172 g/mol. The third-order valence-corrected chi connectivity index (χ3v) is 1.18. The Bertz CT molecular complexity index is 307. The van der Waals surface area contributed by atoms with Gasteiger partial charge in [0.2, 0.25) is 0 Å². The molecule has 0 N–H and O–H groups in total. The number of hydrogen-bond acceptors (Lipinski definition) is 2. The van der Waals surface area contributed by atoms with Gasteiger partial charge < -0.3 is 0 Å². The molecule has 0 amide bonds. The third kappa shape index (κ3) is 1.72. The number of pyridine rings is 1. The van der Waals surface area contributed by atoms with Gasteiger partial charge in [-0.2, -0.15) is 18.4 Å². The highest BCUT2D eigenvalue weighted by Crippen LogP contribution is 2.26. The first kappa shape index (κ1) is 8.53.